The van der Waals surface area contributed by atoms with E-state index in [2.05, 4.69) is 5.32 Å². The molecule has 4 N–H and O–H groups in total. The van der Waals surface area contributed by atoms with Crippen molar-refractivity contribution in [1.29, 1.82) is 5.41 Å². The molecule has 0 aromatic heterocycles. The minimum absolute atomic E-state index is 0. The van der Waals surface area contributed by atoms with Gasteiger partial charge in [0.1, 0.15) is 5.84 Å². The number of para-hydroxylation sites is 1. The molecule has 1 fully saturated rings. The van der Waals surface area contributed by atoms with E-state index in [1.807, 2.05) is 24.3 Å². The van der Waals surface area contributed by atoms with Crippen molar-refractivity contribution in [3.63, 3.8) is 0 Å². The summed E-state index contributed by atoms with van der Waals surface area (Å²) in [4.78, 5) is 0. The molecule has 0 amide bonds. The number of hydrogen-bond acceptors (Lipinski definition) is 2. The average Bonchev–Trinajstić information content (AvgIpc) is 2.71. The summed E-state index contributed by atoms with van der Waals surface area (Å²) in [5, 5.41) is 11.0. The first-order chi connectivity index (χ1) is 7.27. The Morgan fingerprint density at radius 3 is 2.50 bits per heavy atom. The van der Waals surface area contributed by atoms with Crippen molar-refractivity contribution in [2.24, 2.45) is 5.73 Å². The summed E-state index contributed by atoms with van der Waals surface area (Å²) in [6, 6.07) is 8.33. The Morgan fingerprint density at radius 1 is 1.25 bits per heavy atom. The van der Waals surface area contributed by atoms with Gasteiger partial charge in [0.25, 0.3) is 0 Å². The normalized spacial score (nSPS) is 15.5. The van der Waals surface area contributed by atoms with Gasteiger partial charge in [-0.25, -0.2) is 0 Å². The van der Waals surface area contributed by atoms with Crippen LogP contribution in [0.4, 0.5) is 5.69 Å². The van der Waals surface area contributed by atoms with E-state index in [-0.39, 0.29) is 18.2 Å². The highest BCUT2D eigenvalue weighted by Crippen LogP contribution is 2.24. The average molecular weight is 240 g/mol. The lowest BCUT2D eigenvalue weighted by atomic mass is 10.1. The Balaban J connectivity index is 0.00000128. The van der Waals surface area contributed by atoms with Crippen LogP contribution < -0.4 is 11.1 Å². The fourth-order valence-electron chi connectivity index (χ4n) is 2.13. The smallest absolute Gasteiger partial charge is 0.124 e. The third-order valence-corrected chi connectivity index (χ3v) is 2.93. The van der Waals surface area contributed by atoms with Gasteiger partial charge < -0.3 is 11.1 Å². The van der Waals surface area contributed by atoms with E-state index in [4.69, 9.17) is 11.1 Å². The predicted octanol–water partition coefficient (Wildman–Crippen LogP) is 2.75. The van der Waals surface area contributed by atoms with Gasteiger partial charge in [-0.05, 0) is 25.0 Å². The monoisotopic (exact) mass is 239 g/mol. The van der Waals surface area contributed by atoms with Gasteiger partial charge in [-0.15, -0.1) is 12.4 Å². The zero-order valence-corrected chi connectivity index (χ0v) is 10.0. The lowest BCUT2D eigenvalue weighted by Gasteiger charge is -2.16. The number of rotatable bonds is 3. The largest absolute Gasteiger partial charge is 0.384 e. The van der Waals surface area contributed by atoms with Crippen LogP contribution in [0.25, 0.3) is 0 Å². The first kappa shape index (κ1) is 12.8. The second-order valence-corrected chi connectivity index (χ2v) is 4.08. The van der Waals surface area contributed by atoms with Crippen LogP contribution >= 0.6 is 12.4 Å². The third kappa shape index (κ3) is 2.89. The molecule has 88 valence electrons. The van der Waals surface area contributed by atoms with Crippen molar-refractivity contribution in [2.45, 2.75) is 31.7 Å². The molecule has 1 saturated carbocycles. The van der Waals surface area contributed by atoms with Crippen LogP contribution in [0.2, 0.25) is 0 Å². The van der Waals surface area contributed by atoms with Gasteiger partial charge in [0.15, 0.2) is 0 Å². The Bertz CT molecular complexity index is 359. The summed E-state index contributed by atoms with van der Waals surface area (Å²) in [6.07, 6.45) is 5.07. The molecule has 0 atom stereocenters. The number of nitrogens with one attached hydrogen (secondary N) is 2. The first-order valence-electron chi connectivity index (χ1n) is 5.47. The minimum Gasteiger partial charge on any atom is -0.384 e. The van der Waals surface area contributed by atoms with Crippen LogP contribution in [0.1, 0.15) is 31.2 Å². The maximum atomic E-state index is 7.49. The molecule has 1 aromatic carbocycles. The second kappa shape index (κ2) is 5.75. The Hall–Kier alpha value is -1.22. The van der Waals surface area contributed by atoms with Crippen LogP contribution in [-0.2, 0) is 0 Å². The molecule has 1 aromatic rings. The SMILES string of the molecule is Cl.N=C(N)c1ccccc1NC1CCCC1. The van der Waals surface area contributed by atoms with Crippen LogP contribution in [0.15, 0.2) is 24.3 Å². The van der Waals surface area contributed by atoms with Gasteiger partial charge in [0, 0.05) is 17.3 Å². The molecular formula is C12H18ClN3. The maximum Gasteiger partial charge on any atom is 0.124 e. The van der Waals surface area contributed by atoms with E-state index in [1.165, 1.54) is 25.7 Å². The highest BCUT2D eigenvalue weighted by atomic mass is 35.5. The van der Waals surface area contributed by atoms with Crippen molar-refractivity contribution in [3.8, 4) is 0 Å². The lowest BCUT2D eigenvalue weighted by molar-refractivity contribution is 0.755. The summed E-state index contributed by atoms with van der Waals surface area (Å²) in [6.45, 7) is 0. The van der Waals surface area contributed by atoms with Crippen molar-refractivity contribution in [1.82, 2.24) is 0 Å². The number of hydrogen-bond donors (Lipinski definition) is 3. The summed E-state index contributed by atoms with van der Waals surface area (Å²) < 4.78 is 0. The van der Waals surface area contributed by atoms with Crippen LogP contribution in [0.3, 0.4) is 0 Å². The van der Waals surface area contributed by atoms with Gasteiger partial charge in [0.2, 0.25) is 0 Å². The molecule has 0 radical (unpaired) electrons. The highest BCUT2D eigenvalue weighted by molar-refractivity contribution is 6.00. The second-order valence-electron chi connectivity index (χ2n) is 4.08. The molecule has 0 aliphatic heterocycles. The zero-order valence-electron chi connectivity index (χ0n) is 9.20. The van der Waals surface area contributed by atoms with Crippen LogP contribution in [0, 0.1) is 5.41 Å². The standard InChI is InChI=1S/C12H17N3.ClH/c13-12(14)10-7-3-4-8-11(10)15-9-5-1-2-6-9;/h3-4,7-9,15H,1-2,5-6H2,(H3,13,14);1H. The topological polar surface area (TPSA) is 61.9 Å². The molecule has 0 unspecified atom stereocenters. The molecule has 0 saturated heterocycles. The summed E-state index contributed by atoms with van der Waals surface area (Å²) in [5.41, 5.74) is 7.34. The molecular weight excluding hydrogens is 222 g/mol. The van der Waals surface area contributed by atoms with Gasteiger partial charge in [-0.1, -0.05) is 25.0 Å². The van der Waals surface area contributed by atoms with E-state index in [0.717, 1.165) is 11.3 Å². The van der Waals surface area contributed by atoms with E-state index >= 15 is 0 Å². The van der Waals surface area contributed by atoms with Gasteiger partial charge in [0.05, 0.1) is 0 Å². The van der Waals surface area contributed by atoms with Crippen molar-refractivity contribution in [3.05, 3.63) is 29.8 Å². The van der Waals surface area contributed by atoms with Crippen molar-refractivity contribution < 1.29 is 0 Å². The van der Waals surface area contributed by atoms with Crippen LogP contribution in [0.5, 0.6) is 0 Å². The predicted molar refractivity (Wildman–Crippen MR) is 70.6 cm³/mol. The molecule has 0 spiro atoms. The minimum atomic E-state index is 0. The number of nitrogen functional groups attached to an aromatic ring is 1. The van der Waals surface area contributed by atoms with Gasteiger partial charge >= 0.3 is 0 Å². The zero-order chi connectivity index (χ0) is 10.7. The fraction of sp³-hybridized carbons (Fsp3) is 0.417. The fourth-order valence-corrected chi connectivity index (χ4v) is 2.13. The Kier molecular flexibility index (Phi) is 4.62. The van der Waals surface area contributed by atoms with Crippen molar-refractivity contribution >= 4 is 23.9 Å². The molecule has 1 aliphatic rings. The number of halogens is 1. The van der Waals surface area contributed by atoms with Crippen molar-refractivity contribution in [2.75, 3.05) is 5.32 Å². The van der Waals surface area contributed by atoms with E-state index in [9.17, 15) is 0 Å². The van der Waals surface area contributed by atoms with Crippen LogP contribution in [-0.4, -0.2) is 11.9 Å². The Morgan fingerprint density at radius 2 is 1.88 bits per heavy atom. The number of anilines is 1. The molecule has 1 aliphatic carbocycles. The Labute approximate surface area is 102 Å². The first-order valence-corrected chi connectivity index (χ1v) is 5.47. The highest BCUT2D eigenvalue weighted by Gasteiger charge is 2.15. The summed E-state index contributed by atoms with van der Waals surface area (Å²) >= 11 is 0. The quantitative estimate of drug-likeness (QED) is 0.561. The van der Waals surface area contributed by atoms with Gasteiger partial charge in [-0.3, -0.25) is 5.41 Å². The number of benzene rings is 1. The van der Waals surface area contributed by atoms with Gasteiger partial charge in [-0.2, -0.15) is 0 Å². The molecule has 2 rings (SSSR count). The molecule has 3 nitrogen and oxygen atoms in total. The molecule has 4 heteroatoms. The number of amidine groups is 1. The lowest BCUT2D eigenvalue weighted by Crippen LogP contribution is -2.19. The van der Waals surface area contributed by atoms with E-state index < -0.39 is 0 Å². The summed E-state index contributed by atoms with van der Waals surface area (Å²) in [7, 11) is 0. The maximum absolute atomic E-state index is 7.49. The molecule has 16 heavy (non-hydrogen) atoms. The van der Waals surface area contributed by atoms with E-state index in [1.54, 1.807) is 0 Å². The molecule has 0 heterocycles. The number of nitrogens with two attached hydrogens (primary N) is 1. The van der Waals surface area contributed by atoms with E-state index in [0.29, 0.717) is 6.04 Å². The molecule has 0 bridgehead atoms. The summed E-state index contributed by atoms with van der Waals surface area (Å²) in [5.74, 6) is 0.135. The third-order valence-electron chi connectivity index (χ3n) is 2.93.